The van der Waals surface area contributed by atoms with Gasteiger partial charge in [0.1, 0.15) is 0 Å². The van der Waals surface area contributed by atoms with Crippen LogP contribution in [0.4, 0.5) is 11.4 Å². The number of benzene rings is 2. The van der Waals surface area contributed by atoms with Gasteiger partial charge in [-0.2, -0.15) is 0 Å². The number of rotatable bonds is 6. The molecule has 0 heterocycles. The van der Waals surface area contributed by atoms with Crippen LogP contribution >= 0.6 is 0 Å². The van der Waals surface area contributed by atoms with Crippen LogP contribution in [0.1, 0.15) is 25.8 Å². The van der Waals surface area contributed by atoms with Crippen LogP contribution in [0.15, 0.2) is 72.8 Å². The molecule has 2 rings (SSSR count). The lowest BCUT2D eigenvalue weighted by atomic mass is 10.0. The maximum Gasteiger partial charge on any atom is 0.0576 e. The summed E-state index contributed by atoms with van der Waals surface area (Å²) in [6.07, 6.45) is 7.47. The molecule has 1 atom stereocenters. The van der Waals surface area contributed by atoms with Crippen molar-refractivity contribution >= 4 is 16.9 Å². The molecule has 0 bridgehead atoms. The Morgan fingerprint density at radius 1 is 1.09 bits per heavy atom. The van der Waals surface area contributed by atoms with Gasteiger partial charge < -0.3 is 11.1 Å². The van der Waals surface area contributed by atoms with Gasteiger partial charge in [-0.15, -0.1) is 0 Å². The molecule has 22 heavy (non-hydrogen) atoms. The quantitative estimate of drug-likeness (QED) is 0.573. The highest BCUT2D eigenvalue weighted by atomic mass is 14.9. The smallest absolute Gasteiger partial charge is 0.0576 e. The van der Waals surface area contributed by atoms with Crippen LogP contribution in [-0.4, -0.2) is 6.04 Å². The molecule has 2 aromatic rings. The van der Waals surface area contributed by atoms with Crippen molar-refractivity contribution in [3.63, 3.8) is 0 Å². The molecule has 1 unspecified atom stereocenters. The van der Waals surface area contributed by atoms with Crippen LogP contribution in [0.2, 0.25) is 0 Å². The van der Waals surface area contributed by atoms with Crippen LogP contribution in [0.5, 0.6) is 0 Å². The highest BCUT2D eigenvalue weighted by molar-refractivity contribution is 5.73. The topological polar surface area (TPSA) is 38.0 Å². The molecule has 0 spiro atoms. The van der Waals surface area contributed by atoms with Gasteiger partial charge in [0.15, 0.2) is 0 Å². The lowest BCUT2D eigenvalue weighted by Crippen LogP contribution is -2.14. The van der Waals surface area contributed by atoms with Crippen molar-refractivity contribution in [2.24, 2.45) is 0 Å². The van der Waals surface area contributed by atoms with Crippen molar-refractivity contribution in [3.8, 4) is 0 Å². The fourth-order valence-corrected chi connectivity index (χ4v) is 2.34. The molecular weight excluding hydrogens is 268 g/mol. The predicted octanol–water partition coefficient (Wildman–Crippen LogP) is 5.12. The minimum Gasteiger partial charge on any atom is -0.397 e. The van der Waals surface area contributed by atoms with E-state index in [9.17, 15) is 0 Å². The zero-order chi connectivity index (χ0) is 15.8. The van der Waals surface area contributed by atoms with Crippen molar-refractivity contribution in [1.29, 1.82) is 0 Å². The molecule has 0 radical (unpaired) electrons. The van der Waals surface area contributed by atoms with Crippen LogP contribution in [-0.2, 0) is 0 Å². The average Bonchev–Trinajstić information content (AvgIpc) is 2.54. The van der Waals surface area contributed by atoms with Crippen molar-refractivity contribution < 1.29 is 0 Å². The van der Waals surface area contributed by atoms with E-state index in [0.29, 0.717) is 6.04 Å². The first-order valence-corrected chi connectivity index (χ1v) is 7.70. The lowest BCUT2D eigenvalue weighted by Gasteiger charge is -2.15. The largest absolute Gasteiger partial charge is 0.397 e. The normalized spacial score (nSPS) is 13.3. The van der Waals surface area contributed by atoms with Gasteiger partial charge in [0, 0.05) is 6.04 Å². The minimum atomic E-state index is 0.329. The number of hydrogen-bond donors (Lipinski definition) is 2. The van der Waals surface area contributed by atoms with Crippen molar-refractivity contribution in [3.05, 3.63) is 78.4 Å². The zero-order valence-corrected chi connectivity index (χ0v) is 13.3. The van der Waals surface area contributed by atoms with E-state index in [4.69, 9.17) is 5.73 Å². The third-order valence-corrected chi connectivity index (χ3v) is 3.57. The van der Waals surface area contributed by atoms with Crippen LogP contribution in [0.25, 0.3) is 5.57 Å². The molecule has 2 nitrogen and oxygen atoms in total. The minimum absolute atomic E-state index is 0.329. The molecule has 0 amide bonds. The summed E-state index contributed by atoms with van der Waals surface area (Å²) in [5.41, 5.74) is 10.2. The van der Waals surface area contributed by atoms with Crippen LogP contribution < -0.4 is 11.1 Å². The Morgan fingerprint density at radius 2 is 1.77 bits per heavy atom. The summed E-state index contributed by atoms with van der Waals surface area (Å²) in [5, 5.41) is 3.45. The summed E-state index contributed by atoms with van der Waals surface area (Å²) in [4.78, 5) is 0. The molecule has 114 valence electrons. The summed E-state index contributed by atoms with van der Waals surface area (Å²) >= 11 is 0. The van der Waals surface area contributed by atoms with E-state index in [1.165, 1.54) is 11.1 Å². The third-order valence-electron chi connectivity index (χ3n) is 3.57. The monoisotopic (exact) mass is 292 g/mol. The molecule has 0 saturated carbocycles. The number of hydrogen-bond acceptors (Lipinski definition) is 2. The Balaban J connectivity index is 1.93. The Hall–Kier alpha value is -2.48. The highest BCUT2D eigenvalue weighted by Gasteiger charge is 2.02. The van der Waals surface area contributed by atoms with Crippen molar-refractivity contribution in [1.82, 2.24) is 0 Å². The van der Waals surface area contributed by atoms with Gasteiger partial charge in [-0.25, -0.2) is 0 Å². The number of anilines is 2. The van der Waals surface area contributed by atoms with E-state index >= 15 is 0 Å². The molecule has 2 heteroatoms. The summed E-state index contributed by atoms with van der Waals surface area (Å²) in [7, 11) is 0. The van der Waals surface area contributed by atoms with Gasteiger partial charge in [-0.05, 0) is 43.5 Å². The van der Waals surface area contributed by atoms with E-state index in [2.05, 4.69) is 61.7 Å². The van der Waals surface area contributed by atoms with Crippen LogP contribution in [0.3, 0.4) is 0 Å². The summed E-state index contributed by atoms with van der Waals surface area (Å²) in [6.45, 7) is 4.23. The first-order chi connectivity index (χ1) is 10.7. The maximum absolute atomic E-state index is 5.95. The number of nitrogens with two attached hydrogens (primary N) is 1. The fraction of sp³-hybridized carbons (Fsp3) is 0.200. The number of nitrogens with one attached hydrogen (secondary N) is 1. The van der Waals surface area contributed by atoms with E-state index < -0.39 is 0 Å². The molecule has 0 fully saturated rings. The molecule has 0 saturated heterocycles. The maximum atomic E-state index is 5.95. The van der Waals surface area contributed by atoms with Crippen molar-refractivity contribution in [2.45, 2.75) is 26.3 Å². The lowest BCUT2D eigenvalue weighted by molar-refractivity contribution is 0.813. The SMILES string of the molecule is C/C=C(\C=C/CC(C)Nc1ccccc1N)c1ccccc1. The molecule has 0 aliphatic carbocycles. The Bertz CT molecular complexity index is 642. The first-order valence-electron chi connectivity index (χ1n) is 7.70. The van der Waals surface area contributed by atoms with Gasteiger partial charge >= 0.3 is 0 Å². The van der Waals surface area contributed by atoms with Gasteiger partial charge in [0.2, 0.25) is 0 Å². The van der Waals surface area contributed by atoms with Crippen LogP contribution in [0, 0.1) is 0 Å². The van der Waals surface area contributed by atoms with E-state index in [1.54, 1.807) is 0 Å². The van der Waals surface area contributed by atoms with Gasteiger partial charge in [0.05, 0.1) is 11.4 Å². The second-order valence-electron chi connectivity index (χ2n) is 5.38. The average molecular weight is 292 g/mol. The molecule has 3 N–H and O–H groups in total. The number of para-hydroxylation sites is 2. The standard InChI is InChI=1S/C20H24N2/c1-3-17(18-11-5-4-6-12-18)13-9-10-16(2)22-20-15-8-7-14-19(20)21/h3-9,11-16,22H,10,21H2,1-2H3/b13-9-,17-3+. The van der Waals surface area contributed by atoms with E-state index in [1.807, 2.05) is 30.3 Å². The second kappa shape index (κ2) is 8.08. The first kappa shape index (κ1) is 15.9. The molecule has 0 aromatic heterocycles. The molecule has 0 aliphatic rings. The predicted molar refractivity (Wildman–Crippen MR) is 97.8 cm³/mol. The summed E-state index contributed by atoms with van der Waals surface area (Å²) in [6, 6.07) is 18.6. The molecule has 0 aliphatic heterocycles. The van der Waals surface area contributed by atoms with E-state index in [0.717, 1.165) is 17.8 Å². The molecular formula is C20H24N2. The zero-order valence-electron chi connectivity index (χ0n) is 13.3. The fourth-order valence-electron chi connectivity index (χ4n) is 2.34. The summed E-state index contributed by atoms with van der Waals surface area (Å²) < 4.78 is 0. The molecule has 2 aromatic carbocycles. The second-order valence-corrected chi connectivity index (χ2v) is 5.38. The Morgan fingerprint density at radius 3 is 2.45 bits per heavy atom. The highest BCUT2D eigenvalue weighted by Crippen LogP contribution is 2.19. The van der Waals surface area contributed by atoms with Gasteiger partial charge in [-0.3, -0.25) is 0 Å². The van der Waals surface area contributed by atoms with Crippen molar-refractivity contribution in [2.75, 3.05) is 11.1 Å². The number of nitrogen functional groups attached to an aromatic ring is 1. The Kier molecular flexibility index (Phi) is 5.84. The number of allylic oxidation sites excluding steroid dienone is 3. The van der Waals surface area contributed by atoms with Gasteiger partial charge in [-0.1, -0.05) is 60.7 Å². The summed E-state index contributed by atoms with van der Waals surface area (Å²) in [5.74, 6) is 0. The van der Waals surface area contributed by atoms with E-state index in [-0.39, 0.29) is 0 Å². The van der Waals surface area contributed by atoms with Gasteiger partial charge in [0.25, 0.3) is 0 Å². The Labute approximate surface area is 133 Å². The third kappa shape index (κ3) is 4.52.